The SMILES string of the molecule is CC[C@@]1(N)CC[C@H](c2ccc3c(c2)CC[C@@H](OCc2cccc(C)c2)C3)C1. The van der Waals surface area contributed by atoms with E-state index in [-0.39, 0.29) is 5.54 Å². The van der Waals surface area contributed by atoms with Crippen LogP contribution >= 0.6 is 0 Å². The molecule has 0 unspecified atom stereocenters. The molecular weight excluding hydrogens is 330 g/mol. The Hall–Kier alpha value is -1.64. The summed E-state index contributed by atoms with van der Waals surface area (Å²) in [4.78, 5) is 0. The van der Waals surface area contributed by atoms with Crippen LogP contribution in [-0.2, 0) is 24.2 Å². The minimum absolute atomic E-state index is 0.0648. The Balaban J connectivity index is 1.38. The van der Waals surface area contributed by atoms with Gasteiger partial charge in [-0.15, -0.1) is 0 Å². The molecule has 3 atom stereocenters. The van der Waals surface area contributed by atoms with Crippen molar-refractivity contribution in [2.75, 3.05) is 0 Å². The summed E-state index contributed by atoms with van der Waals surface area (Å²) in [6.45, 7) is 5.08. The Morgan fingerprint density at radius 1 is 1.11 bits per heavy atom. The van der Waals surface area contributed by atoms with E-state index < -0.39 is 0 Å². The van der Waals surface area contributed by atoms with Gasteiger partial charge in [-0.05, 0) is 80.0 Å². The third-order valence-corrected chi connectivity index (χ3v) is 6.80. The van der Waals surface area contributed by atoms with Gasteiger partial charge < -0.3 is 10.5 Å². The van der Waals surface area contributed by atoms with Crippen molar-refractivity contribution in [1.82, 2.24) is 0 Å². The Bertz CT molecular complexity index is 799. The highest BCUT2D eigenvalue weighted by atomic mass is 16.5. The summed E-state index contributed by atoms with van der Waals surface area (Å²) in [5.41, 5.74) is 13.7. The second-order valence-corrected chi connectivity index (χ2v) is 8.85. The molecule has 0 amide bonds. The number of hydrogen-bond acceptors (Lipinski definition) is 2. The predicted octanol–water partition coefficient (Wildman–Crippen LogP) is 5.44. The molecule has 1 fully saturated rings. The van der Waals surface area contributed by atoms with Crippen molar-refractivity contribution in [2.24, 2.45) is 5.73 Å². The van der Waals surface area contributed by atoms with Crippen LogP contribution in [0, 0.1) is 6.92 Å². The zero-order valence-corrected chi connectivity index (χ0v) is 16.8. The van der Waals surface area contributed by atoms with Gasteiger partial charge in [-0.1, -0.05) is 55.0 Å². The highest BCUT2D eigenvalue weighted by Gasteiger charge is 2.35. The van der Waals surface area contributed by atoms with E-state index in [2.05, 4.69) is 56.3 Å². The molecule has 0 radical (unpaired) electrons. The van der Waals surface area contributed by atoms with Crippen LogP contribution in [0.4, 0.5) is 0 Å². The van der Waals surface area contributed by atoms with E-state index in [4.69, 9.17) is 10.5 Å². The van der Waals surface area contributed by atoms with Crippen LogP contribution in [-0.4, -0.2) is 11.6 Å². The summed E-state index contributed by atoms with van der Waals surface area (Å²) in [6.07, 6.45) is 8.29. The van der Waals surface area contributed by atoms with E-state index in [1.807, 2.05) is 0 Å². The minimum atomic E-state index is 0.0648. The van der Waals surface area contributed by atoms with Crippen molar-refractivity contribution < 1.29 is 4.74 Å². The molecule has 4 rings (SSSR count). The number of hydrogen-bond donors (Lipinski definition) is 1. The maximum absolute atomic E-state index is 6.52. The number of nitrogens with two attached hydrogens (primary N) is 1. The molecule has 144 valence electrons. The van der Waals surface area contributed by atoms with Crippen LogP contribution in [0.5, 0.6) is 0 Å². The molecule has 27 heavy (non-hydrogen) atoms. The average Bonchev–Trinajstić information content (AvgIpc) is 3.09. The zero-order valence-electron chi connectivity index (χ0n) is 16.8. The molecule has 0 spiro atoms. The summed E-state index contributed by atoms with van der Waals surface area (Å²) < 4.78 is 6.24. The first kappa shape index (κ1) is 18.7. The van der Waals surface area contributed by atoms with E-state index >= 15 is 0 Å². The van der Waals surface area contributed by atoms with E-state index in [1.54, 1.807) is 0 Å². The largest absolute Gasteiger partial charge is 0.373 e. The molecule has 2 aromatic rings. The first-order chi connectivity index (χ1) is 13.0. The van der Waals surface area contributed by atoms with Crippen molar-refractivity contribution in [2.45, 2.75) is 83.0 Å². The first-order valence-electron chi connectivity index (χ1n) is 10.6. The van der Waals surface area contributed by atoms with Gasteiger partial charge in [0, 0.05) is 5.54 Å². The third-order valence-electron chi connectivity index (χ3n) is 6.80. The predicted molar refractivity (Wildman–Crippen MR) is 112 cm³/mol. The smallest absolute Gasteiger partial charge is 0.0720 e. The van der Waals surface area contributed by atoms with E-state index in [9.17, 15) is 0 Å². The first-order valence-corrected chi connectivity index (χ1v) is 10.6. The lowest BCUT2D eigenvalue weighted by molar-refractivity contribution is 0.0319. The summed E-state index contributed by atoms with van der Waals surface area (Å²) in [6, 6.07) is 15.8. The van der Waals surface area contributed by atoms with Gasteiger partial charge in [-0.3, -0.25) is 0 Å². The van der Waals surface area contributed by atoms with Crippen molar-refractivity contribution in [3.63, 3.8) is 0 Å². The molecule has 2 aromatic carbocycles. The number of benzene rings is 2. The van der Waals surface area contributed by atoms with Crippen LogP contribution in [0.1, 0.15) is 72.8 Å². The normalized spacial score (nSPS) is 27.5. The summed E-state index contributed by atoms with van der Waals surface area (Å²) in [7, 11) is 0. The molecule has 0 aliphatic heterocycles. The molecule has 2 nitrogen and oxygen atoms in total. The summed E-state index contributed by atoms with van der Waals surface area (Å²) >= 11 is 0. The molecule has 2 aliphatic rings. The Labute approximate surface area is 164 Å². The highest BCUT2D eigenvalue weighted by molar-refractivity contribution is 5.37. The van der Waals surface area contributed by atoms with E-state index in [1.165, 1.54) is 40.7 Å². The fourth-order valence-corrected chi connectivity index (χ4v) is 4.92. The number of ether oxygens (including phenoxy) is 1. The lowest BCUT2D eigenvalue weighted by Gasteiger charge is -2.26. The van der Waals surface area contributed by atoms with Gasteiger partial charge in [0.15, 0.2) is 0 Å². The molecule has 1 saturated carbocycles. The summed E-state index contributed by atoms with van der Waals surface area (Å²) in [5, 5.41) is 0. The molecule has 0 saturated heterocycles. The lowest BCUT2D eigenvalue weighted by Crippen LogP contribution is -2.35. The molecule has 0 bridgehead atoms. The lowest BCUT2D eigenvalue weighted by atomic mass is 9.85. The standard InChI is InChI=1S/C25H33NO/c1-3-25(26)12-11-23(16-25)21-7-8-22-15-24(10-9-20(22)14-21)27-17-19-6-4-5-18(2)13-19/h4-8,13-14,23-24H,3,9-12,15-17,26H2,1-2H3/t23-,24+,25+/m0/s1. The van der Waals surface area contributed by atoms with Crippen molar-refractivity contribution in [1.29, 1.82) is 0 Å². The summed E-state index contributed by atoms with van der Waals surface area (Å²) in [5.74, 6) is 0.649. The molecular formula is C25H33NO. The van der Waals surface area contributed by atoms with E-state index in [0.717, 1.165) is 38.7 Å². The molecule has 0 aromatic heterocycles. The van der Waals surface area contributed by atoms with Gasteiger partial charge in [-0.25, -0.2) is 0 Å². The van der Waals surface area contributed by atoms with Crippen LogP contribution < -0.4 is 5.73 Å². The van der Waals surface area contributed by atoms with Crippen molar-refractivity contribution >= 4 is 0 Å². The molecule has 2 heteroatoms. The van der Waals surface area contributed by atoms with Crippen LogP contribution in [0.25, 0.3) is 0 Å². The fourth-order valence-electron chi connectivity index (χ4n) is 4.92. The number of aryl methyl sites for hydroxylation is 2. The zero-order chi connectivity index (χ0) is 18.9. The fraction of sp³-hybridized carbons (Fsp3) is 0.520. The van der Waals surface area contributed by atoms with Gasteiger partial charge in [0.25, 0.3) is 0 Å². The molecule has 2 N–H and O–H groups in total. The van der Waals surface area contributed by atoms with E-state index in [0.29, 0.717) is 12.0 Å². The van der Waals surface area contributed by atoms with Gasteiger partial charge in [-0.2, -0.15) is 0 Å². The maximum atomic E-state index is 6.52. The topological polar surface area (TPSA) is 35.2 Å². The average molecular weight is 364 g/mol. The van der Waals surface area contributed by atoms with Gasteiger partial charge >= 0.3 is 0 Å². The Morgan fingerprint density at radius 3 is 2.78 bits per heavy atom. The van der Waals surface area contributed by atoms with Crippen LogP contribution in [0.15, 0.2) is 42.5 Å². The van der Waals surface area contributed by atoms with Crippen LogP contribution in [0.2, 0.25) is 0 Å². The highest BCUT2D eigenvalue weighted by Crippen LogP contribution is 2.42. The maximum Gasteiger partial charge on any atom is 0.0720 e. The van der Waals surface area contributed by atoms with Crippen molar-refractivity contribution in [3.05, 3.63) is 70.3 Å². The Morgan fingerprint density at radius 2 is 2.00 bits per heavy atom. The van der Waals surface area contributed by atoms with Gasteiger partial charge in [0.1, 0.15) is 0 Å². The monoisotopic (exact) mass is 363 g/mol. The molecule has 0 heterocycles. The Kier molecular flexibility index (Phi) is 5.39. The number of rotatable bonds is 5. The second kappa shape index (κ2) is 7.77. The quantitative estimate of drug-likeness (QED) is 0.767. The number of fused-ring (bicyclic) bond motifs is 1. The van der Waals surface area contributed by atoms with Crippen molar-refractivity contribution in [3.8, 4) is 0 Å². The van der Waals surface area contributed by atoms with Gasteiger partial charge in [0.05, 0.1) is 12.7 Å². The third kappa shape index (κ3) is 4.28. The molecule has 2 aliphatic carbocycles. The van der Waals surface area contributed by atoms with Crippen LogP contribution in [0.3, 0.4) is 0 Å². The minimum Gasteiger partial charge on any atom is -0.373 e. The van der Waals surface area contributed by atoms with Gasteiger partial charge in [0.2, 0.25) is 0 Å². The second-order valence-electron chi connectivity index (χ2n) is 8.85.